The molecule has 0 atom stereocenters. The summed E-state index contributed by atoms with van der Waals surface area (Å²) in [5.74, 6) is 0.950. The van der Waals surface area contributed by atoms with Crippen molar-refractivity contribution in [3.8, 4) is 0 Å². The van der Waals surface area contributed by atoms with Crippen LogP contribution in [0.25, 0.3) is 0 Å². The van der Waals surface area contributed by atoms with Gasteiger partial charge in [-0.1, -0.05) is 18.2 Å². The smallest absolute Gasteiger partial charge is 0.258 e. The van der Waals surface area contributed by atoms with Gasteiger partial charge in [-0.3, -0.25) is 4.79 Å². The van der Waals surface area contributed by atoms with E-state index in [1.807, 2.05) is 40.7 Å². The Morgan fingerprint density at radius 1 is 1.12 bits per heavy atom. The average Bonchev–Trinajstić information content (AvgIpc) is 3.12. The Morgan fingerprint density at radius 3 is 2.77 bits per heavy atom. The molecule has 132 valence electrons. The maximum atomic E-state index is 13.1. The number of aryl methyl sites for hydroxylation is 1. The molecule has 0 saturated carbocycles. The lowest BCUT2D eigenvalue weighted by Gasteiger charge is -2.23. The predicted molar refractivity (Wildman–Crippen MR) is 109 cm³/mol. The van der Waals surface area contributed by atoms with Crippen LogP contribution in [0.2, 0.25) is 0 Å². The quantitative estimate of drug-likeness (QED) is 0.567. The van der Waals surface area contributed by atoms with Gasteiger partial charge in [0, 0.05) is 33.8 Å². The zero-order valence-corrected chi connectivity index (χ0v) is 16.1. The molecule has 1 aromatic heterocycles. The zero-order chi connectivity index (χ0) is 17.8. The van der Waals surface area contributed by atoms with E-state index in [4.69, 9.17) is 0 Å². The van der Waals surface area contributed by atoms with Gasteiger partial charge >= 0.3 is 0 Å². The number of aromatic nitrogens is 1. The predicted octanol–water partition coefficient (Wildman–Crippen LogP) is 5.42. The molecule has 3 aromatic rings. The van der Waals surface area contributed by atoms with Gasteiger partial charge in [-0.15, -0.1) is 23.1 Å². The normalized spacial score (nSPS) is 13.9. The van der Waals surface area contributed by atoms with Gasteiger partial charge in [0.05, 0.1) is 11.2 Å². The van der Waals surface area contributed by atoms with Crippen LogP contribution >= 0.6 is 23.1 Å². The molecular weight excluding hydrogens is 360 g/mol. The number of nitrogens with zero attached hydrogens (tertiary/aromatic N) is 2. The third-order valence-corrected chi connectivity index (χ3v) is 6.26. The van der Waals surface area contributed by atoms with E-state index in [2.05, 4.69) is 28.6 Å². The lowest BCUT2D eigenvalue weighted by atomic mass is 10.1. The van der Waals surface area contributed by atoms with E-state index in [0.29, 0.717) is 0 Å². The Hall–Kier alpha value is -2.11. The third kappa shape index (κ3) is 3.84. The fourth-order valence-electron chi connectivity index (χ4n) is 3.22. The van der Waals surface area contributed by atoms with Crippen LogP contribution in [0.15, 0.2) is 64.3 Å². The van der Waals surface area contributed by atoms with Crippen LogP contribution in [0.3, 0.4) is 0 Å². The summed E-state index contributed by atoms with van der Waals surface area (Å²) in [7, 11) is 0. The molecule has 1 amide bonds. The van der Waals surface area contributed by atoms with E-state index in [9.17, 15) is 4.79 Å². The Balaban J connectivity index is 1.49. The average molecular weight is 381 g/mol. The summed E-state index contributed by atoms with van der Waals surface area (Å²) in [6.07, 6.45) is 3.22. The lowest BCUT2D eigenvalue weighted by Crippen LogP contribution is -2.31. The number of benzene rings is 2. The minimum absolute atomic E-state index is 0.0930. The van der Waals surface area contributed by atoms with Gasteiger partial charge in [-0.2, -0.15) is 0 Å². The molecule has 0 saturated heterocycles. The Bertz CT molecular complexity index is 875. The molecule has 1 aliphatic rings. The van der Waals surface area contributed by atoms with Crippen LogP contribution in [0.5, 0.6) is 0 Å². The van der Waals surface area contributed by atoms with Gasteiger partial charge in [-0.25, -0.2) is 4.98 Å². The number of hydrogen-bond donors (Lipinski definition) is 0. The van der Waals surface area contributed by atoms with E-state index in [1.54, 1.807) is 23.1 Å². The highest BCUT2D eigenvalue weighted by Gasteiger charge is 2.21. The standard InChI is InChI=1S/C21H20N2OS2/c24-21(23-12-4-3-6-16-5-1-2-7-20(16)23)17-8-10-19(11-9-17)26-14-18-13-25-15-22-18/h1-2,5,7-11,13,15H,3-4,6,12,14H2. The molecule has 26 heavy (non-hydrogen) atoms. The monoisotopic (exact) mass is 380 g/mol. The molecule has 0 aliphatic carbocycles. The summed E-state index contributed by atoms with van der Waals surface area (Å²) in [5.41, 5.74) is 6.04. The van der Waals surface area contributed by atoms with Gasteiger partial charge in [0.1, 0.15) is 0 Å². The second-order valence-corrected chi connectivity index (χ2v) is 8.10. The minimum atomic E-state index is 0.0930. The van der Waals surface area contributed by atoms with Crippen molar-refractivity contribution in [1.82, 2.24) is 4.98 Å². The van der Waals surface area contributed by atoms with Gasteiger partial charge in [0.2, 0.25) is 0 Å². The summed E-state index contributed by atoms with van der Waals surface area (Å²) in [6.45, 7) is 0.788. The van der Waals surface area contributed by atoms with Crippen molar-refractivity contribution in [1.29, 1.82) is 0 Å². The molecule has 1 aliphatic heterocycles. The number of hydrogen-bond acceptors (Lipinski definition) is 4. The summed E-state index contributed by atoms with van der Waals surface area (Å²) in [4.78, 5) is 20.5. The second kappa shape index (κ2) is 8.06. The van der Waals surface area contributed by atoms with Crippen molar-refractivity contribution in [3.63, 3.8) is 0 Å². The number of carbonyl (C=O) groups excluding carboxylic acids is 1. The maximum Gasteiger partial charge on any atom is 0.258 e. The molecule has 2 aromatic carbocycles. The number of anilines is 1. The van der Waals surface area contributed by atoms with Crippen molar-refractivity contribution in [3.05, 3.63) is 76.2 Å². The van der Waals surface area contributed by atoms with Gasteiger partial charge in [0.25, 0.3) is 5.91 Å². The number of para-hydroxylation sites is 1. The summed E-state index contributed by atoms with van der Waals surface area (Å²) in [5, 5.41) is 2.07. The van der Waals surface area contributed by atoms with Crippen molar-refractivity contribution in [2.75, 3.05) is 11.4 Å². The first-order chi connectivity index (χ1) is 12.8. The Labute approximate surface area is 162 Å². The zero-order valence-electron chi connectivity index (χ0n) is 14.4. The van der Waals surface area contributed by atoms with E-state index in [-0.39, 0.29) is 5.91 Å². The molecule has 5 heteroatoms. The Morgan fingerprint density at radius 2 is 1.96 bits per heavy atom. The third-order valence-electron chi connectivity index (χ3n) is 4.58. The van der Waals surface area contributed by atoms with E-state index < -0.39 is 0 Å². The number of thiazole rings is 1. The molecule has 0 N–H and O–H groups in total. The molecular formula is C21H20N2OS2. The van der Waals surface area contributed by atoms with Crippen LogP contribution in [0.1, 0.15) is 34.5 Å². The molecule has 0 spiro atoms. The highest BCUT2D eigenvalue weighted by Crippen LogP contribution is 2.28. The Kier molecular flexibility index (Phi) is 5.37. The van der Waals surface area contributed by atoms with Crippen LogP contribution in [-0.4, -0.2) is 17.4 Å². The first kappa shape index (κ1) is 17.3. The first-order valence-electron chi connectivity index (χ1n) is 8.81. The van der Waals surface area contributed by atoms with E-state index >= 15 is 0 Å². The molecule has 2 heterocycles. The number of carbonyl (C=O) groups is 1. The lowest BCUT2D eigenvalue weighted by molar-refractivity contribution is 0.0987. The highest BCUT2D eigenvalue weighted by molar-refractivity contribution is 7.98. The largest absolute Gasteiger partial charge is 0.308 e. The number of thioether (sulfide) groups is 1. The molecule has 0 radical (unpaired) electrons. The van der Waals surface area contributed by atoms with Crippen LogP contribution in [0.4, 0.5) is 5.69 Å². The molecule has 0 bridgehead atoms. The topological polar surface area (TPSA) is 33.2 Å². The van der Waals surface area contributed by atoms with Crippen molar-refractivity contribution in [2.45, 2.75) is 29.9 Å². The van der Waals surface area contributed by atoms with E-state index in [0.717, 1.165) is 53.4 Å². The first-order valence-corrected chi connectivity index (χ1v) is 10.7. The minimum Gasteiger partial charge on any atom is -0.308 e. The van der Waals surface area contributed by atoms with E-state index in [1.165, 1.54) is 5.56 Å². The number of rotatable bonds is 4. The van der Waals surface area contributed by atoms with Crippen molar-refractivity contribution in [2.24, 2.45) is 0 Å². The second-order valence-electron chi connectivity index (χ2n) is 6.34. The summed E-state index contributed by atoms with van der Waals surface area (Å²) in [6, 6.07) is 16.2. The molecule has 3 nitrogen and oxygen atoms in total. The fourth-order valence-corrected chi connectivity index (χ4v) is 4.68. The number of amides is 1. The molecule has 0 unspecified atom stereocenters. The molecule has 0 fully saturated rings. The van der Waals surface area contributed by atoms with Gasteiger partial charge in [-0.05, 0) is 55.2 Å². The number of fused-ring (bicyclic) bond motifs is 1. The van der Waals surface area contributed by atoms with Gasteiger partial charge < -0.3 is 4.90 Å². The maximum absolute atomic E-state index is 13.1. The van der Waals surface area contributed by atoms with Gasteiger partial charge in [0.15, 0.2) is 0 Å². The summed E-state index contributed by atoms with van der Waals surface area (Å²) < 4.78 is 0. The van der Waals surface area contributed by atoms with Crippen molar-refractivity contribution >= 4 is 34.7 Å². The van der Waals surface area contributed by atoms with Crippen LogP contribution in [0, 0.1) is 0 Å². The fraction of sp³-hybridized carbons (Fsp3) is 0.238. The summed E-state index contributed by atoms with van der Waals surface area (Å²) >= 11 is 3.36. The van der Waals surface area contributed by atoms with Crippen LogP contribution in [-0.2, 0) is 12.2 Å². The highest BCUT2D eigenvalue weighted by atomic mass is 32.2. The van der Waals surface area contributed by atoms with Crippen molar-refractivity contribution < 1.29 is 4.79 Å². The van der Waals surface area contributed by atoms with Crippen LogP contribution < -0.4 is 4.90 Å². The SMILES string of the molecule is O=C(c1ccc(SCc2cscn2)cc1)N1CCCCc2ccccc21. The molecule has 4 rings (SSSR count).